The fourth-order valence-corrected chi connectivity index (χ4v) is 2.15. The van der Waals surface area contributed by atoms with Gasteiger partial charge in [-0.05, 0) is 25.0 Å². The third kappa shape index (κ3) is 4.42. The SMILES string of the molecule is NC(=O)CN(CC(N)=O)c1cccc(F)c1CNC1CC1. The average molecular weight is 294 g/mol. The van der Waals surface area contributed by atoms with Crippen LogP contribution >= 0.6 is 0 Å². The summed E-state index contributed by atoms with van der Waals surface area (Å²) in [5.74, 6) is -1.61. The topological polar surface area (TPSA) is 101 Å². The van der Waals surface area contributed by atoms with E-state index in [9.17, 15) is 14.0 Å². The highest BCUT2D eigenvalue weighted by Crippen LogP contribution is 2.25. The van der Waals surface area contributed by atoms with E-state index >= 15 is 0 Å². The maximum atomic E-state index is 14.1. The molecule has 0 aliphatic heterocycles. The Morgan fingerprint density at radius 1 is 1.24 bits per heavy atom. The number of hydrogen-bond acceptors (Lipinski definition) is 4. The van der Waals surface area contributed by atoms with Crippen molar-refractivity contribution < 1.29 is 14.0 Å². The number of nitrogens with zero attached hydrogens (tertiary/aromatic N) is 1. The van der Waals surface area contributed by atoms with Crippen molar-refractivity contribution in [3.05, 3.63) is 29.6 Å². The highest BCUT2D eigenvalue weighted by molar-refractivity contribution is 5.85. The van der Waals surface area contributed by atoms with Crippen LogP contribution in [0.1, 0.15) is 18.4 Å². The standard InChI is InChI=1S/C14H19FN4O2/c15-11-2-1-3-12(10(11)6-18-9-4-5-9)19(7-13(16)20)8-14(17)21/h1-3,9,18H,4-8H2,(H2,16,20)(H2,17,21). The number of primary amides is 2. The van der Waals surface area contributed by atoms with Crippen molar-refractivity contribution in [3.8, 4) is 0 Å². The predicted octanol–water partition coefficient (Wildman–Crippen LogP) is -0.145. The molecule has 21 heavy (non-hydrogen) atoms. The molecule has 0 radical (unpaired) electrons. The molecule has 5 N–H and O–H groups in total. The van der Waals surface area contributed by atoms with Gasteiger partial charge in [-0.1, -0.05) is 6.07 Å². The van der Waals surface area contributed by atoms with E-state index in [1.54, 1.807) is 6.07 Å². The molecular weight excluding hydrogens is 275 g/mol. The zero-order valence-corrected chi connectivity index (χ0v) is 11.6. The van der Waals surface area contributed by atoms with Crippen LogP contribution in [0.2, 0.25) is 0 Å². The van der Waals surface area contributed by atoms with Crippen LogP contribution in [0, 0.1) is 5.82 Å². The van der Waals surface area contributed by atoms with Gasteiger partial charge in [0.25, 0.3) is 0 Å². The molecule has 1 aromatic rings. The first-order valence-electron chi connectivity index (χ1n) is 6.79. The fourth-order valence-electron chi connectivity index (χ4n) is 2.15. The van der Waals surface area contributed by atoms with Crippen molar-refractivity contribution in [1.29, 1.82) is 0 Å². The van der Waals surface area contributed by atoms with Crippen LogP contribution in [-0.4, -0.2) is 30.9 Å². The van der Waals surface area contributed by atoms with Gasteiger partial charge >= 0.3 is 0 Å². The molecule has 0 spiro atoms. The van der Waals surface area contributed by atoms with Crippen LogP contribution in [0.15, 0.2) is 18.2 Å². The van der Waals surface area contributed by atoms with Gasteiger partial charge in [-0.15, -0.1) is 0 Å². The number of halogens is 1. The molecule has 0 saturated heterocycles. The van der Waals surface area contributed by atoms with Gasteiger partial charge in [-0.3, -0.25) is 9.59 Å². The minimum Gasteiger partial charge on any atom is -0.368 e. The molecule has 1 aliphatic carbocycles. The van der Waals surface area contributed by atoms with E-state index in [0.29, 0.717) is 23.8 Å². The number of rotatable bonds is 8. The number of carbonyl (C=O) groups is 2. The molecule has 6 nitrogen and oxygen atoms in total. The Balaban J connectivity index is 2.25. The van der Waals surface area contributed by atoms with E-state index < -0.39 is 11.8 Å². The summed E-state index contributed by atoms with van der Waals surface area (Å²) in [6.07, 6.45) is 2.16. The summed E-state index contributed by atoms with van der Waals surface area (Å²) < 4.78 is 14.1. The van der Waals surface area contributed by atoms with Crippen LogP contribution < -0.4 is 21.7 Å². The summed E-state index contributed by atoms with van der Waals surface area (Å²) >= 11 is 0. The lowest BCUT2D eigenvalue weighted by Crippen LogP contribution is -2.40. The van der Waals surface area contributed by atoms with Gasteiger partial charge < -0.3 is 21.7 Å². The van der Waals surface area contributed by atoms with Gasteiger partial charge in [0.1, 0.15) is 5.82 Å². The predicted molar refractivity (Wildman–Crippen MR) is 76.9 cm³/mol. The zero-order chi connectivity index (χ0) is 15.4. The molecule has 1 aromatic carbocycles. The molecule has 114 valence electrons. The molecule has 0 atom stereocenters. The maximum absolute atomic E-state index is 14.1. The zero-order valence-electron chi connectivity index (χ0n) is 11.6. The Kier molecular flexibility index (Phi) is 4.74. The Labute approximate surface area is 122 Å². The van der Waals surface area contributed by atoms with Gasteiger partial charge in [0.05, 0.1) is 13.1 Å². The summed E-state index contributed by atoms with van der Waals surface area (Å²) in [6.45, 7) is -0.0493. The second-order valence-corrected chi connectivity index (χ2v) is 5.18. The Morgan fingerprint density at radius 2 is 1.86 bits per heavy atom. The lowest BCUT2D eigenvalue weighted by atomic mass is 10.1. The van der Waals surface area contributed by atoms with Gasteiger partial charge in [0.2, 0.25) is 11.8 Å². The van der Waals surface area contributed by atoms with E-state index in [0.717, 1.165) is 12.8 Å². The Hall–Kier alpha value is -2.15. The molecule has 1 saturated carbocycles. The van der Waals surface area contributed by atoms with Crippen LogP contribution in [-0.2, 0) is 16.1 Å². The molecule has 7 heteroatoms. The summed E-state index contributed by atoms with van der Waals surface area (Å²) in [5.41, 5.74) is 11.2. The average Bonchev–Trinajstić information content (AvgIpc) is 3.19. The first-order chi connectivity index (χ1) is 9.97. The molecule has 0 unspecified atom stereocenters. The van der Waals surface area contributed by atoms with Gasteiger partial charge in [-0.25, -0.2) is 4.39 Å². The monoisotopic (exact) mass is 294 g/mol. The third-order valence-corrected chi connectivity index (χ3v) is 3.27. The summed E-state index contributed by atoms with van der Waals surface area (Å²) in [5, 5.41) is 3.22. The van der Waals surface area contributed by atoms with E-state index in [-0.39, 0.29) is 18.9 Å². The minimum absolute atomic E-state index is 0.192. The largest absolute Gasteiger partial charge is 0.368 e. The number of nitrogens with two attached hydrogens (primary N) is 2. The van der Waals surface area contributed by atoms with E-state index in [4.69, 9.17) is 11.5 Å². The van der Waals surface area contributed by atoms with E-state index in [1.807, 2.05) is 0 Å². The lowest BCUT2D eigenvalue weighted by molar-refractivity contribution is -0.117. The Morgan fingerprint density at radius 3 is 2.38 bits per heavy atom. The van der Waals surface area contributed by atoms with Crippen LogP contribution in [0.3, 0.4) is 0 Å². The highest BCUT2D eigenvalue weighted by Gasteiger charge is 2.23. The Bertz CT molecular complexity index is 530. The number of benzene rings is 1. The fraction of sp³-hybridized carbons (Fsp3) is 0.429. The molecule has 0 bridgehead atoms. The normalized spacial score (nSPS) is 14.0. The van der Waals surface area contributed by atoms with Crippen LogP contribution in [0.4, 0.5) is 10.1 Å². The highest BCUT2D eigenvalue weighted by atomic mass is 19.1. The van der Waals surface area contributed by atoms with Crippen molar-refractivity contribution in [2.75, 3.05) is 18.0 Å². The van der Waals surface area contributed by atoms with E-state index in [2.05, 4.69) is 5.32 Å². The van der Waals surface area contributed by atoms with Crippen molar-refractivity contribution in [3.63, 3.8) is 0 Å². The summed E-state index contributed by atoms with van der Waals surface area (Å²) in [6, 6.07) is 4.94. The minimum atomic E-state index is -0.610. The van der Waals surface area contributed by atoms with Crippen LogP contribution in [0.5, 0.6) is 0 Å². The molecule has 0 aromatic heterocycles. The molecule has 1 aliphatic rings. The number of anilines is 1. The molecule has 2 rings (SSSR count). The van der Waals surface area contributed by atoms with Gasteiger partial charge in [-0.2, -0.15) is 0 Å². The number of carbonyl (C=O) groups excluding carboxylic acids is 2. The molecular formula is C14H19FN4O2. The van der Waals surface area contributed by atoms with Crippen molar-refractivity contribution in [1.82, 2.24) is 5.32 Å². The third-order valence-electron chi connectivity index (χ3n) is 3.27. The van der Waals surface area contributed by atoms with E-state index in [1.165, 1.54) is 17.0 Å². The number of amides is 2. The van der Waals surface area contributed by atoms with Crippen molar-refractivity contribution >= 4 is 17.5 Å². The first-order valence-corrected chi connectivity index (χ1v) is 6.79. The first kappa shape index (κ1) is 15.2. The number of hydrogen-bond donors (Lipinski definition) is 3. The summed E-state index contributed by atoms with van der Waals surface area (Å²) in [4.78, 5) is 23.7. The maximum Gasteiger partial charge on any atom is 0.236 e. The second kappa shape index (κ2) is 6.53. The molecule has 1 fully saturated rings. The van der Waals surface area contributed by atoms with Crippen molar-refractivity contribution in [2.45, 2.75) is 25.4 Å². The summed E-state index contributed by atoms with van der Waals surface area (Å²) in [7, 11) is 0. The molecule has 2 amide bonds. The van der Waals surface area contributed by atoms with Crippen LogP contribution in [0.25, 0.3) is 0 Å². The smallest absolute Gasteiger partial charge is 0.236 e. The number of nitrogens with one attached hydrogen (secondary N) is 1. The van der Waals surface area contributed by atoms with Gasteiger partial charge in [0, 0.05) is 23.8 Å². The quantitative estimate of drug-likeness (QED) is 0.621. The van der Waals surface area contributed by atoms with Crippen molar-refractivity contribution in [2.24, 2.45) is 11.5 Å². The lowest BCUT2D eigenvalue weighted by Gasteiger charge is -2.25. The van der Waals surface area contributed by atoms with Gasteiger partial charge in [0.15, 0.2) is 0 Å². The molecule has 0 heterocycles. The second-order valence-electron chi connectivity index (χ2n) is 5.18.